The molecule has 2 aromatic rings. The summed E-state index contributed by atoms with van der Waals surface area (Å²) >= 11 is 0. The number of nitrogens with zero attached hydrogens (tertiary/aromatic N) is 1. The maximum atomic E-state index is 13.7. The standard InChI is InChI=1S/C19H13F4NO4/c1-25-12-8-11(9-13(10-12)26-2)14(6-7-24)15-4-3-5-16-17(15)28-19(22,23)18(20,21)27-16/h3-6,8-10H,1-2H3/b14-6-. The van der Waals surface area contributed by atoms with Gasteiger partial charge in [-0.25, -0.2) is 0 Å². The molecule has 0 unspecified atom stereocenters. The lowest BCUT2D eigenvalue weighted by molar-refractivity contribution is -0.391. The predicted octanol–water partition coefficient (Wildman–Crippen LogP) is 4.62. The molecule has 0 aromatic heterocycles. The number of nitriles is 1. The molecule has 146 valence electrons. The molecule has 3 rings (SSSR count). The van der Waals surface area contributed by atoms with Gasteiger partial charge >= 0.3 is 12.2 Å². The molecule has 1 heterocycles. The first-order valence-electron chi connectivity index (χ1n) is 7.82. The molecule has 1 aliphatic rings. The van der Waals surface area contributed by atoms with Crippen molar-refractivity contribution in [1.29, 1.82) is 5.26 Å². The monoisotopic (exact) mass is 395 g/mol. The quantitative estimate of drug-likeness (QED) is 0.559. The molecule has 0 atom stereocenters. The van der Waals surface area contributed by atoms with E-state index in [2.05, 4.69) is 9.47 Å². The summed E-state index contributed by atoms with van der Waals surface area (Å²) in [6.07, 6.45) is -8.66. The van der Waals surface area contributed by atoms with Gasteiger partial charge in [0.15, 0.2) is 11.5 Å². The molecule has 0 saturated carbocycles. The second kappa shape index (κ2) is 6.96. The van der Waals surface area contributed by atoms with Crippen molar-refractivity contribution in [3.63, 3.8) is 0 Å². The van der Waals surface area contributed by atoms with Crippen molar-refractivity contribution in [2.45, 2.75) is 12.2 Å². The van der Waals surface area contributed by atoms with E-state index in [0.717, 1.165) is 12.1 Å². The smallest absolute Gasteiger partial charge is 0.497 e. The van der Waals surface area contributed by atoms with Crippen molar-refractivity contribution in [2.24, 2.45) is 0 Å². The molecule has 0 N–H and O–H groups in total. The summed E-state index contributed by atoms with van der Waals surface area (Å²) in [5, 5.41) is 9.17. The number of alkyl halides is 4. The highest BCUT2D eigenvalue weighted by Gasteiger charge is 2.66. The maximum absolute atomic E-state index is 13.7. The van der Waals surface area contributed by atoms with Gasteiger partial charge < -0.3 is 18.9 Å². The Morgan fingerprint density at radius 2 is 1.61 bits per heavy atom. The number of rotatable bonds is 4. The van der Waals surface area contributed by atoms with E-state index in [-0.39, 0.29) is 11.1 Å². The van der Waals surface area contributed by atoms with Gasteiger partial charge in [0.25, 0.3) is 0 Å². The number of para-hydroxylation sites is 1. The molecule has 5 nitrogen and oxygen atoms in total. The van der Waals surface area contributed by atoms with E-state index < -0.39 is 23.7 Å². The van der Waals surface area contributed by atoms with Crippen molar-refractivity contribution in [3.8, 4) is 29.1 Å². The van der Waals surface area contributed by atoms with E-state index in [9.17, 15) is 22.8 Å². The number of hydrogen-bond acceptors (Lipinski definition) is 5. The molecule has 9 heteroatoms. The molecule has 0 saturated heterocycles. The maximum Gasteiger partial charge on any atom is 0.507 e. The van der Waals surface area contributed by atoms with Crippen LogP contribution in [0.15, 0.2) is 42.5 Å². The molecule has 1 aliphatic heterocycles. The van der Waals surface area contributed by atoms with Gasteiger partial charge in [0, 0.05) is 23.3 Å². The molecule has 0 radical (unpaired) electrons. The van der Waals surface area contributed by atoms with Gasteiger partial charge in [0.05, 0.1) is 20.3 Å². The van der Waals surface area contributed by atoms with E-state index in [1.165, 1.54) is 38.5 Å². The Bertz CT molecular complexity index is 960. The largest absolute Gasteiger partial charge is 0.507 e. The summed E-state index contributed by atoms with van der Waals surface area (Å²) in [6.45, 7) is 0. The van der Waals surface area contributed by atoms with Crippen LogP contribution in [0.1, 0.15) is 11.1 Å². The lowest BCUT2D eigenvalue weighted by Gasteiger charge is -2.33. The lowest BCUT2D eigenvalue weighted by Crippen LogP contribution is -2.52. The minimum Gasteiger partial charge on any atom is -0.497 e. The van der Waals surface area contributed by atoms with Crippen LogP contribution in [-0.4, -0.2) is 26.4 Å². The third-order valence-electron chi connectivity index (χ3n) is 3.95. The number of benzene rings is 2. The summed E-state index contributed by atoms with van der Waals surface area (Å²) in [6, 6.07) is 10.2. The Balaban J connectivity index is 2.20. The highest BCUT2D eigenvalue weighted by atomic mass is 19.3. The highest BCUT2D eigenvalue weighted by molar-refractivity contribution is 5.86. The first kappa shape index (κ1) is 19.4. The molecule has 0 bridgehead atoms. The fraction of sp³-hybridized carbons (Fsp3) is 0.211. The summed E-state index contributed by atoms with van der Waals surface area (Å²) in [5.41, 5.74) is 0.445. The number of allylic oxidation sites excluding steroid dienone is 1. The summed E-state index contributed by atoms with van der Waals surface area (Å²) in [4.78, 5) is 0. The van der Waals surface area contributed by atoms with Gasteiger partial charge in [-0.1, -0.05) is 12.1 Å². The molecule has 0 fully saturated rings. The van der Waals surface area contributed by atoms with Crippen LogP contribution in [0.5, 0.6) is 23.0 Å². The van der Waals surface area contributed by atoms with E-state index in [1.54, 1.807) is 6.07 Å². The Hall–Kier alpha value is -3.41. The van der Waals surface area contributed by atoms with Gasteiger partial charge in [0.2, 0.25) is 0 Å². The number of methoxy groups -OCH3 is 2. The third-order valence-corrected chi connectivity index (χ3v) is 3.95. The van der Waals surface area contributed by atoms with Crippen LogP contribution in [0.4, 0.5) is 17.6 Å². The highest BCUT2D eigenvalue weighted by Crippen LogP contribution is 2.50. The topological polar surface area (TPSA) is 60.7 Å². The fourth-order valence-corrected chi connectivity index (χ4v) is 2.64. The van der Waals surface area contributed by atoms with Crippen molar-refractivity contribution < 1.29 is 36.5 Å². The summed E-state index contributed by atoms with van der Waals surface area (Å²) < 4.78 is 73.2. The van der Waals surface area contributed by atoms with Crippen molar-refractivity contribution in [1.82, 2.24) is 0 Å². The second-order valence-corrected chi connectivity index (χ2v) is 5.66. The van der Waals surface area contributed by atoms with E-state index in [1.807, 2.05) is 6.07 Å². The van der Waals surface area contributed by atoms with Crippen LogP contribution in [0.25, 0.3) is 5.57 Å². The lowest BCUT2D eigenvalue weighted by atomic mass is 9.95. The number of halogens is 4. The van der Waals surface area contributed by atoms with Crippen LogP contribution in [-0.2, 0) is 0 Å². The first-order valence-corrected chi connectivity index (χ1v) is 7.82. The number of ether oxygens (including phenoxy) is 4. The molecule has 0 amide bonds. The molecule has 0 aliphatic carbocycles. The molecular weight excluding hydrogens is 382 g/mol. The van der Waals surface area contributed by atoms with Crippen LogP contribution < -0.4 is 18.9 Å². The van der Waals surface area contributed by atoms with E-state index in [0.29, 0.717) is 17.1 Å². The SMILES string of the molecule is COc1cc(OC)cc(/C(=C/C#N)c2cccc3c2OC(F)(F)C(F)(F)O3)c1. The summed E-state index contributed by atoms with van der Waals surface area (Å²) in [7, 11) is 2.83. The average Bonchev–Trinajstić information content (AvgIpc) is 2.66. The number of fused-ring (bicyclic) bond motifs is 1. The Kier molecular flexibility index (Phi) is 4.81. The Labute approximate surface area is 157 Å². The van der Waals surface area contributed by atoms with Crippen LogP contribution in [0, 0.1) is 11.3 Å². The van der Waals surface area contributed by atoms with Gasteiger partial charge in [-0.3, -0.25) is 0 Å². The molecule has 0 spiro atoms. The van der Waals surface area contributed by atoms with Gasteiger partial charge in [-0.05, 0) is 23.8 Å². The summed E-state index contributed by atoms with van der Waals surface area (Å²) in [5.74, 6) is -0.442. The number of hydrogen-bond donors (Lipinski definition) is 0. The van der Waals surface area contributed by atoms with E-state index >= 15 is 0 Å². The normalized spacial score (nSPS) is 16.8. The van der Waals surface area contributed by atoms with Gasteiger partial charge in [-0.15, -0.1) is 0 Å². The zero-order valence-corrected chi connectivity index (χ0v) is 14.6. The predicted molar refractivity (Wildman–Crippen MR) is 89.8 cm³/mol. The van der Waals surface area contributed by atoms with Crippen LogP contribution in [0.3, 0.4) is 0 Å². The van der Waals surface area contributed by atoms with Crippen LogP contribution in [0.2, 0.25) is 0 Å². The molecular formula is C19H13F4NO4. The Morgan fingerprint density at radius 3 is 2.18 bits per heavy atom. The zero-order valence-electron chi connectivity index (χ0n) is 14.6. The van der Waals surface area contributed by atoms with Crippen molar-refractivity contribution >= 4 is 5.57 Å². The first-order chi connectivity index (χ1) is 13.2. The van der Waals surface area contributed by atoms with Gasteiger partial charge in [0.1, 0.15) is 11.5 Å². The fourth-order valence-electron chi connectivity index (χ4n) is 2.64. The van der Waals surface area contributed by atoms with Crippen molar-refractivity contribution in [3.05, 3.63) is 53.6 Å². The van der Waals surface area contributed by atoms with Crippen LogP contribution >= 0.6 is 0 Å². The second-order valence-electron chi connectivity index (χ2n) is 5.66. The molecule has 28 heavy (non-hydrogen) atoms. The average molecular weight is 395 g/mol. The minimum atomic E-state index is -4.89. The zero-order chi connectivity index (χ0) is 20.5. The molecule has 2 aromatic carbocycles. The van der Waals surface area contributed by atoms with Crippen molar-refractivity contribution in [2.75, 3.05) is 14.2 Å². The van der Waals surface area contributed by atoms with Gasteiger partial charge in [-0.2, -0.15) is 22.8 Å². The minimum absolute atomic E-state index is 0.0375. The van der Waals surface area contributed by atoms with E-state index in [4.69, 9.17) is 9.47 Å². The third kappa shape index (κ3) is 3.29. The Morgan fingerprint density at radius 1 is 1.00 bits per heavy atom.